The molecule has 43 heavy (non-hydrogen) atoms. The molecule has 0 spiro atoms. The Morgan fingerprint density at radius 2 is 1.53 bits per heavy atom. The number of rotatable bonds is 12. The van der Waals surface area contributed by atoms with Gasteiger partial charge in [-0.05, 0) is 96.3 Å². The van der Waals surface area contributed by atoms with Crippen molar-refractivity contribution < 1.29 is 18.5 Å². The third kappa shape index (κ3) is 8.20. The van der Waals surface area contributed by atoms with Crippen LogP contribution in [0, 0.1) is 15.4 Å². The van der Waals surface area contributed by atoms with Gasteiger partial charge in [0.15, 0.2) is 5.76 Å². The lowest BCUT2D eigenvalue weighted by atomic mass is 9.70. The summed E-state index contributed by atoms with van der Waals surface area (Å²) >= 11 is 2.39. The molecular weight excluding hydrogens is 665 g/mol. The second kappa shape index (κ2) is 14.0. The number of benzene rings is 2. The summed E-state index contributed by atoms with van der Waals surface area (Å²) in [7, 11) is -2.70. The van der Waals surface area contributed by atoms with Crippen molar-refractivity contribution >= 4 is 47.3 Å². The van der Waals surface area contributed by atoms with E-state index in [4.69, 9.17) is 13.7 Å². The van der Waals surface area contributed by atoms with Crippen LogP contribution in [0.3, 0.4) is 0 Å². The summed E-state index contributed by atoms with van der Waals surface area (Å²) in [5.74, 6) is 2.48. The summed E-state index contributed by atoms with van der Waals surface area (Å²) in [4.78, 5) is 13.2. The molecule has 0 aliphatic heterocycles. The van der Waals surface area contributed by atoms with Crippen LogP contribution in [0.15, 0.2) is 65.2 Å². The first-order valence-electron chi connectivity index (χ1n) is 15.8. The molecular formula is C36H50INO4Si. The summed E-state index contributed by atoms with van der Waals surface area (Å²) in [5, 5.41) is 6.97. The van der Waals surface area contributed by atoms with Crippen LogP contribution in [0.4, 0.5) is 0 Å². The third-order valence-electron chi connectivity index (χ3n) is 8.52. The maximum absolute atomic E-state index is 13.2. The Kier molecular flexibility index (Phi) is 11.0. The van der Waals surface area contributed by atoms with E-state index in [-0.39, 0.29) is 23.3 Å². The topological polar surface area (TPSA) is 61.6 Å². The van der Waals surface area contributed by atoms with Crippen LogP contribution in [0.2, 0.25) is 5.04 Å². The number of nitrogens with zero attached hydrogens (tertiary/aromatic N) is 1. The molecule has 0 bridgehead atoms. The fraction of sp³-hybridized carbons (Fsp3) is 0.556. The lowest BCUT2D eigenvalue weighted by molar-refractivity contribution is -0.155. The van der Waals surface area contributed by atoms with Gasteiger partial charge in [-0.2, -0.15) is 0 Å². The average Bonchev–Trinajstić information content (AvgIpc) is 3.27. The van der Waals surface area contributed by atoms with Crippen molar-refractivity contribution in [2.24, 2.45) is 11.8 Å². The van der Waals surface area contributed by atoms with Crippen LogP contribution in [0.1, 0.15) is 111 Å². The Labute approximate surface area is 273 Å². The highest BCUT2D eigenvalue weighted by molar-refractivity contribution is 14.1. The van der Waals surface area contributed by atoms with Crippen LogP contribution >= 0.6 is 22.6 Å². The molecule has 1 saturated carbocycles. The van der Waals surface area contributed by atoms with E-state index in [1.165, 1.54) is 16.8 Å². The van der Waals surface area contributed by atoms with Gasteiger partial charge < -0.3 is 13.7 Å². The lowest BCUT2D eigenvalue weighted by Gasteiger charge is -2.43. The number of halogens is 1. The SMILES string of the molecule is CC(C)C[C@H]1C[C@@H](c2onc([C@H](CCO[Si](c3ccccc3)(c3ccccc3)C(C)(C)C)CC(=O)OC(C)(C)C)c2I)C1. The van der Waals surface area contributed by atoms with Crippen LogP contribution in [0.5, 0.6) is 0 Å². The Morgan fingerprint density at radius 1 is 0.977 bits per heavy atom. The highest BCUT2D eigenvalue weighted by Crippen LogP contribution is 2.47. The number of aromatic nitrogens is 1. The third-order valence-corrected chi connectivity index (χ3v) is 14.6. The number of hydrogen-bond acceptors (Lipinski definition) is 5. The average molecular weight is 716 g/mol. The molecule has 0 unspecified atom stereocenters. The zero-order chi connectivity index (χ0) is 31.4. The lowest BCUT2D eigenvalue weighted by Crippen LogP contribution is -2.66. The predicted octanol–water partition coefficient (Wildman–Crippen LogP) is 8.60. The van der Waals surface area contributed by atoms with E-state index in [1.54, 1.807) is 0 Å². The molecule has 1 aromatic heterocycles. The fourth-order valence-corrected chi connectivity index (χ4v) is 12.3. The molecule has 1 atom stereocenters. The van der Waals surface area contributed by atoms with Crippen LogP contribution in [-0.2, 0) is 14.0 Å². The first-order valence-corrected chi connectivity index (χ1v) is 18.8. The second-order valence-electron chi connectivity index (χ2n) is 14.7. The van der Waals surface area contributed by atoms with Gasteiger partial charge in [0, 0.05) is 18.4 Å². The fourth-order valence-electron chi connectivity index (χ4n) is 6.66. The smallest absolute Gasteiger partial charge is 0.306 e. The number of carbonyl (C=O) groups is 1. The van der Waals surface area contributed by atoms with Crippen LogP contribution in [0.25, 0.3) is 0 Å². The molecule has 1 aliphatic rings. The van der Waals surface area contributed by atoms with Crippen molar-refractivity contribution in [2.75, 3.05) is 6.61 Å². The van der Waals surface area contributed by atoms with Gasteiger partial charge in [-0.25, -0.2) is 0 Å². The molecule has 0 N–H and O–H groups in total. The van der Waals surface area contributed by atoms with E-state index < -0.39 is 13.9 Å². The van der Waals surface area contributed by atoms with Gasteiger partial charge in [0.1, 0.15) is 11.3 Å². The minimum atomic E-state index is -2.70. The van der Waals surface area contributed by atoms with Crippen molar-refractivity contribution in [1.29, 1.82) is 0 Å². The van der Waals surface area contributed by atoms with E-state index >= 15 is 0 Å². The molecule has 1 heterocycles. The van der Waals surface area contributed by atoms with E-state index in [2.05, 4.69) is 123 Å². The quantitative estimate of drug-likeness (QED) is 0.107. The molecule has 234 valence electrons. The Hall–Kier alpha value is -1.97. The predicted molar refractivity (Wildman–Crippen MR) is 186 cm³/mol. The van der Waals surface area contributed by atoms with Crippen molar-refractivity contribution in [1.82, 2.24) is 5.16 Å². The standard InChI is InChI=1S/C36H50INO4Si/c1-25(2)21-26-22-28(23-26)34-32(37)33(38-42-34)27(24-31(39)41-35(3,4)5)19-20-40-43(36(6,7)8,29-15-11-9-12-16-29)30-17-13-10-14-18-30/h9-18,25-28H,19-24H2,1-8H3/t26-,27-,28+/m1/s1. The summed E-state index contributed by atoms with van der Waals surface area (Å²) in [6.45, 7) is 17.7. The van der Waals surface area contributed by atoms with E-state index in [0.717, 1.165) is 33.8 Å². The molecule has 5 nitrogen and oxygen atoms in total. The number of hydrogen-bond donors (Lipinski definition) is 0. The summed E-state index contributed by atoms with van der Waals surface area (Å²) in [6, 6.07) is 21.4. The van der Waals surface area contributed by atoms with Crippen molar-refractivity contribution in [3.05, 3.63) is 75.7 Å². The highest BCUT2D eigenvalue weighted by Gasteiger charge is 2.50. The molecule has 4 rings (SSSR count). The van der Waals surface area contributed by atoms with E-state index in [9.17, 15) is 4.79 Å². The van der Waals surface area contributed by atoms with E-state index in [0.29, 0.717) is 24.9 Å². The van der Waals surface area contributed by atoms with E-state index in [1.807, 2.05) is 20.8 Å². The van der Waals surface area contributed by atoms with Crippen LogP contribution < -0.4 is 10.4 Å². The van der Waals surface area contributed by atoms with Crippen molar-refractivity contribution in [3.8, 4) is 0 Å². The molecule has 1 fully saturated rings. The second-order valence-corrected chi connectivity index (χ2v) is 20.1. The first kappa shape index (κ1) is 33.9. The summed E-state index contributed by atoms with van der Waals surface area (Å²) in [5.41, 5.74) is 0.312. The van der Waals surface area contributed by atoms with Gasteiger partial charge in [0.05, 0.1) is 9.99 Å². The molecule has 1 aliphatic carbocycles. The monoisotopic (exact) mass is 715 g/mol. The molecule has 0 saturated heterocycles. The Morgan fingerprint density at radius 3 is 2.02 bits per heavy atom. The van der Waals surface area contributed by atoms with Crippen molar-refractivity contribution in [3.63, 3.8) is 0 Å². The number of carbonyl (C=O) groups excluding carboxylic acids is 1. The van der Waals surface area contributed by atoms with Gasteiger partial charge >= 0.3 is 5.97 Å². The Bertz CT molecular complexity index is 1280. The van der Waals surface area contributed by atoms with Gasteiger partial charge in [-0.15, -0.1) is 0 Å². The number of ether oxygens (including phenoxy) is 1. The maximum Gasteiger partial charge on any atom is 0.306 e. The highest BCUT2D eigenvalue weighted by atomic mass is 127. The largest absolute Gasteiger partial charge is 0.460 e. The van der Waals surface area contributed by atoms with Gasteiger partial charge in [0.2, 0.25) is 0 Å². The zero-order valence-corrected chi connectivity index (χ0v) is 30.4. The van der Waals surface area contributed by atoms with Gasteiger partial charge in [-0.1, -0.05) is 100 Å². The van der Waals surface area contributed by atoms with Crippen LogP contribution in [-0.4, -0.2) is 31.7 Å². The normalized spacial score (nSPS) is 18.4. The van der Waals surface area contributed by atoms with Gasteiger partial charge in [-0.3, -0.25) is 4.79 Å². The van der Waals surface area contributed by atoms with Gasteiger partial charge in [0.25, 0.3) is 8.32 Å². The number of esters is 1. The first-order chi connectivity index (χ1) is 20.2. The minimum absolute atomic E-state index is 0.122. The molecule has 2 aromatic carbocycles. The summed E-state index contributed by atoms with van der Waals surface area (Å²) in [6.07, 6.45) is 4.44. The molecule has 0 amide bonds. The maximum atomic E-state index is 13.2. The van der Waals surface area contributed by atoms with Crippen molar-refractivity contribution in [2.45, 2.75) is 110 Å². The zero-order valence-electron chi connectivity index (χ0n) is 27.3. The minimum Gasteiger partial charge on any atom is -0.460 e. The summed E-state index contributed by atoms with van der Waals surface area (Å²) < 4.78 is 20.1. The molecule has 3 aromatic rings. The molecule has 7 heteroatoms. The Balaban J connectivity index is 1.61. The molecule has 0 radical (unpaired) electrons.